The Hall–Kier alpha value is -1.49. The van der Waals surface area contributed by atoms with Crippen LogP contribution in [0.25, 0.3) is 0 Å². The highest BCUT2D eigenvalue weighted by molar-refractivity contribution is 8.13. The van der Waals surface area contributed by atoms with Crippen LogP contribution in [-0.2, 0) is 11.2 Å². The lowest BCUT2D eigenvalue weighted by atomic mass is 10.00. The highest BCUT2D eigenvalue weighted by Crippen LogP contribution is 2.17. The summed E-state index contributed by atoms with van der Waals surface area (Å²) in [5.74, 6) is 0.853. The first kappa shape index (κ1) is 16.9. The van der Waals surface area contributed by atoms with Crippen LogP contribution in [0.15, 0.2) is 18.2 Å². The van der Waals surface area contributed by atoms with Gasteiger partial charge >= 0.3 is 0 Å². The molecule has 1 fully saturated rings. The van der Waals surface area contributed by atoms with Crippen LogP contribution < -0.4 is 5.32 Å². The molecule has 1 unspecified atom stereocenters. The van der Waals surface area contributed by atoms with Crippen molar-refractivity contribution < 1.29 is 9.59 Å². The molecule has 0 spiro atoms. The maximum absolute atomic E-state index is 12.0. The van der Waals surface area contributed by atoms with Gasteiger partial charge in [-0.3, -0.25) is 9.59 Å². The molecular formula is C17H24N2O2S. The maximum Gasteiger partial charge on any atom is 0.281 e. The van der Waals surface area contributed by atoms with Crippen molar-refractivity contribution in [2.75, 3.05) is 18.8 Å². The Kier molecular flexibility index (Phi) is 5.89. The fourth-order valence-electron chi connectivity index (χ4n) is 2.67. The standard InChI is InChI=1S/C17H24N2O2S/c1-12-4-5-15(13(2)10-12)11-14(3)18-16(20)6-7-19-8-9-22-17(19)21/h4-5,10,14H,6-9,11H2,1-3H3,(H,18,20). The second-order valence-corrected chi connectivity index (χ2v) is 7.00. The first-order valence-corrected chi connectivity index (χ1v) is 8.71. The smallest absolute Gasteiger partial charge is 0.281 e. The number of benzene rings is 1. The summed E-state index contributed by atoms with van der Waals surface area (Å²) in [7, 11) is 0. The first-order chi connectivity index (χ1) is 10.5. The van der Waals surface area contributed by atoms with Crippen LogP contribution in [0.2, 0.25) is 0 Å². The molecule has 0 aromatic heterocycles. The number of aryl methyl sites for hydroxylation is 2. The monoisotopic (exact) mass is 320 g/mol. The van der Waals surface area contributed by atoms with Crippen molar-refractivity contribution in [1.29, 1.82) is 0 Å². The summed E-state index contributed by atoms with van der Waals surface area (Å²) < 4.78 is 0. The van der Waals surface area contributed by atoms with Gasteiger partial charge in [-0.15, -0.1) is 0 Å². The molecule has 0 aliphatic carbocycles. The van der Waals surface area contributed by atoms with E-state index in [1.165, 1.54) is 28.5 Å². The van der Waals surface area contributed by atoms with Crippen LogP contribution >= 0.6 is 11.8 Å². The van der Waals surface area contributed by atoms with Crippen LogP contribution in [0.1, 0.15) is 30.0 Å². The average molecular weight is 320 g/mol. The van der Waals surface area contributed by atoms with Crippen LogP contribution in [-0.4, -0.2) is 40.9 Å². The van der Waals surface area contributed by atoms with E-state index >= 15 is 0 Å². The Morgan fingerprint density at radius 1 is 1.41 bits per heavy atom. The second-order valence-electron chi connectivity index (χ2n) is 5.95. The molecular weight excluding hydrogens is 296 g/mol. The largest absolute Gasteiger partial charge is 0.353 e. The lowest BCUT2D eigenvalue weighted by Gasteiger charge is -2.18. The predicted octanol–water partition coefficient (Wildman–Crippen LogP) is 2.91. The van der Waals surface area contributed by atoms with E-state index in [9.17, 15) is 9.59 Å². The minimum atomic E-state index is 0.0157. The SMILES string of the molecule is Cc1ccc(CC(C)NC(=O)CCN2CCSC2=O)c(C)c1. The minimum Gasteiger partial charge on any atom is -0.353 e. The van der Waals surface area contributed by atoms with Gasteiger partial charge in [0.1, 0.15) is 0 Å². The third-order valence-electron chi connectivity index (χ3n) is 3.89. The van der Waals surface area contributed by atoms with E-state index in [1.807, 2.05) is 6.92 Å². The Balaban J connectivity index is 1.77. The van der Waals surface area contributed by atoms with Gasteiger partial charge in [-0.25, -0.2) is 0 Å². The van der Waals surface area contributed by atoms with Crippen LogP contribution in [0.5, 0.6) is 0 Å². The highest BCUT2D eigenvalue weighted by Gasteiger charge is 2.21. The molecule has 0 saturated carbocycles. The van der Waals surface area contributed by atoms with Crippen molar-refractivity contribution in [1.82, 2.24) is 10.2 Å². The van der Waals surface area contributed by atoms with Crippen LogP contribution in [0.3, 0.4) is 0 Å². The van der Waals surface area contributed by atoms with Crippen molar-refractivity contribution in [3.05, 3.63) is 34.9 Å². The zero-order chi connectivity index (χ0) is 16.1. The van der Waals surface area contributed by atoms with Gasteiger partial charge in [0.05, 0.1) is 0 Å². The van der Waals surface area contributed by atoms with E-state index in [-0.39, 0.29) is 17.2 Å². The van der Waals surface area contributed by atoms with Crippen molar-refractivity contribution in [3.8, 4) is 0 Å². The van der Waals surface area contributed by atoms with Gasteiger partial charge in [-0.2, -0.15) is 0 Å². The predicted molar refractivity (Wildman–Crippen MR) is 91.3 cm³/mol. The van der Waals surface area contributed by atoms with E-state index < -0.39 is 0 Å². The number of hydrogen-bond acceptors (Lipinski definition) is 3. The lowest BCUT2D eigenvalue weighted by Crippen LogP contribution is -2.36. The summed E-state index contributed by atoms with van der Waals surface area (Å²) in [6.45, 7) is 7.49. The number of thioether (sulfide) groups is 1. The Bertz CT molecular complexity index is 560. The number of carbonyl (C=O) groups is 2. The molecule has 1 N–H and O–H groups in total. The molecule has 1 aliphatic rings. The Morgan fingerprint density at radius 2 is 2.18 bits per heavy atom. The molecule has 1 aromatic carbocycles. The summed E-state index contributed by atoms with van der Waals surface area (Å²) in [5.41, 5.74) is 3.79. The molecule has 1 atom stereocenters. The number of rotatable bonds is 6. The molecule has 4 nitrogen and oxygen atoms in total. The van der Waals surface area contributed by atoms with Gasteiger partial charge in [0.25, 0.3) is 5.24 Å². The molecule has 0 bridgehead atoms. The van der Waals surface area contributed by atoms with Gasteiger partial charge in [0.15, 0.2) is 0 Å². The Morgan fingerprint density at radius 3 is 2.82 bits per heavy atom. The van der Waals surface area contributed by atoms with E-state index in [4.69, 9.17) is 0 Å². The summed E-state index contributed by atoms with van der Waals surface area (Å²) in [4.78, 5) is 25.2. The normalized spacial score (nSPS) is 16.0. The highest BCUT2D eigenvalue weighted by atomic mass is 32.2. The molecule has 1 aliphatic heterocycles. The van der Waals surface area contributed by atoms with E-state index in [0.29, 0.717) is 13.0 Å². The molecule has 2 rings (SSSR count). The number of amides is 2. The van der Waals surface area contributed by atoms with E-state index in [1.54, 1.807) is 4.90 Å². The van der Waals surface area contributed by atoms with Crippen LogP contribution in [0.4, 0.5) is 4.79 Å². The molecule has 5 heteroatoms. The maximum atomic E-state index is 12.0. The quantitative estimate of drug-likeness (QED) is 0.877. The third kappa shape index (κ3) is 4.77. The molecule has 1 saturated heterocycles. The minimum absolute atomic E-state index is 0.0157. The molecule has 22 heavy (non-hydrogen) atoms. The first-order valence-electron chi connectivity index (χ1n) is 7.73. The number of nitrogens with zero attached hydrogens (tertiary/aromatic N) is 1. The summed E-state index contributed by atoms with van der Waals surface area (Å²) in [6.07, 6.45) is 1.21. The fourth-order valence-corrected chi connectivity index (χ4v) is 3.52. The molecule has 2 amide bonds. The molecule has 1 aromatic rings. The van der Waals surface area contributed by atoms with Gasteiger partial charge in [-0.05, 0) is 38.3 Å². The molecule has 120 valence electrons. The van der Waals surface area contributed by atoms with E-state index in [0.717, 1.165) is 18.7 Å². The topological polar surface area (TPSA) is 49.4 Å². The number of carbonyl (C=O) groups excluding carboxylic acids is 2. The van der Waals surface area contributed by atoms with Crippen molar-refractivity contribution in [2.45, 2.75) is 39.7 Å². The summed E-state index contributed by atoms with van der Waals surface area (Å²) in [6, 6.07) is 6.50. The van der Waals surface area contributed by atoms with Gasteiger partial charge in [-0.1, -0.05) is 35.5 Å². The van der Waals surface area contributed by atoms with Gasteiger partial charge in [0, 0.05) is 31.3 Å². The van der Waals surface area contributed by atoms with Gasteiger partial charge < -0.3 is 10.2 Å². The Labute approximate surface area is 136 Å². The van der Waals surface area contributed by atoms with Crippen molar-refractivity contribution in [2.24, 2.45) is 0 Å². The zero-order valence-corrected chi connectivity index (χ0v) is 14.3. The third-order valence-corrected chi connectivity index (χ3v) is 4.78. The molecule has 0 radical (unpaired) electrons. The fraction of sp³-hybridized carbons (Fsp3) is 0.529. The van der Waals surface area contributed by atoms with Gasteiger partial charge in [0.2, 0.25) is 5.91 Å². The van der Waals surface area contributed by atoms with E-state index in [2.05, 4.69) is 37.4 Å². The van der Waals surface area contributed by atoms with Crippen molar-refractivity contribution in [3.63, 3.8) is 0 Å². The van der Waals surface area contributed by atoms with Crippen LogP contribution in [0, 0.1) is 13.8 Å². The number of nitrogens with one attached hydrogen (secondary N) is 1. The average Bonchev–Trinajstić information content (AvgIpc) is 2.85. The number of hydrogen-bond donors (Lipinski definition) is 1. The van der Waals surface area contributed by atoms with Crippen molar-refractivity contribution >= 4 is 22.9 Å². The molecule has 1 heterocycles. The summed E-state index contributed by atoms with van der Waals surface area (Å²) in [5, 5.41) is 3.12. The zero-order valence-electron chi connectivity index (χ0n) is 13.5. The lowest BCUT2D eigenvalue weighted by molar-refractivity contribution is -0.121. The second kappa shape index (κ2) is 7.68. The summed E-state index contributed by atoms with van der Waals surface area (Å²) >= 11 is 1.33.